The Morgan fingerprint density at radius 2 is 2.36 bits per heavy atom. The number of nitrogens with zero attached hydrogens (tertiary/aromatic N) is 2. The van der Waals surface area contributed by atoms with Gasteiger partial charge in [0.2, 0.25) is 0 Å². The van der Waals surface area contributed by atoms with E-state index in [4.69, 9.17) is 4.74 Å². The molecule has 0 bridgehead atoms. The van der Waals surface area contributed by atoms with Gasteiger partial charge in [-0.25, -0.2) is 4.79 Å². The molecule has 0 aromatic carbocycles. The van der Waals surface area contributed by atoms with Gasteiger partial charge in [0.15, 0.2) is 5.82 Å². The molecule has 0 spiro atoms. The topological polar surface area (TPSA) is 74.5 Å². The van der Waals surface area contributed by atoms with Crippen molar-refractivity contribution in [2.75, 3.05) is 13.7 Å². The maximum Gasteiger partial charge on any atom is 0.397 e. The highest BCUT2D eigenvalue weighted by Gasteiger charge is 2.14. The second-order valence-corrected chi connectivity index (χ2v) is 2.56. The van der Waals surface area contributed by atoms with Crippen molar-refractivity contribution in [3.05, 3.63) is 11.7 Å². The highest BCUT2D eigenvalue weighted by atomic mass is 16.6. The molecule has 0 unspecified atom stereocenters. The van der Waals surface area contributed by atoms with E-state index in [0.717, 1.165) is 6.42 Å². The molecule has 0 saturated carbocycles. The molecule has 0 aliphatic heterocycles. The lowest BCUT2D eigenvalue weighted by Crippen LogP contribution is -2.02. The lowest BCUT2D eigenvalue weighted by Gasteiger charge is -1.95. The van der Waals surface area contributed by atoms with E-state index in [1.807, 2.05) is 6.92 Å². The zero-order chi connectivity index (χ0) is 10.4. The van der Waals surface area contributed by atoms with Crippen molar-refractivity contribution in [1.29, 1.82) is 0 Å². The van der Waals surface area contributed by atoms with Crippen molar-refractivity contribution < 1.29 is 18.8 Å². The standard InChI is InChI=1S/C8H12N2O4/c1-3-4-13-5-6-9-7(14-10-6)8(11)12-2/h3-5H2,1-2H3. The number of carbonyl (C=O) groups excluding carboxylic acids is 1. The fourth-order valence-electron chi connectivity index (χ4n) is 0.791. The molecule has 0 aliphatic carbocycles. The number of ether oxygens (including phenoxy) is 2. The summed E-state index contributed by atoms with van der Waals surface area (Å²) in [5, 5.41) is 3.55. The molecule has 0 saturated heterocycles. The van der Waals surface area contributed by atoms with Gasteiger partial charge in [0.25, 0.3) is 0 Å². The van der Waals surface area contributed by atoms with Gasteiger partial charge in [-0.05, 0) is 6.42 Å². The molecule has 0 atom stereocenters. The van der Waals surface area contributed by atoms with Crippen LogP contribution in [0.25, 0.3) is 0 Å². The van der Waals surface area contributed by atoms with Gasteiger partial charge in [-0.15, -0.1) is 0 Å². The molecule has 0 aliphatic rings. The lowest BCUT2D eigenvalue weighted by atomic mass is 10.5. The summed E-state index contributed by atoms with van der Waals surface area (Å²) in [7, 11) is 1.25. The Labute approximate surface area is 81.2 Å². The van der Waals surface area contributed by atoms with Gasteiger partial charge >= 0.3 is 11.9 Å². The molecule has 1 heterocycles. The highest BCUT2D eigenvalue weighted by Crippen LogP contribution is 2.00. The first-order valence-electron chi connectivity index (χ1n) is 4.26. The number of aromatic nitrogens is 2. The molecule has 14 heavy (non-hydrogen) atoms. The quantitative estimate of drug-likeness (QED) is 0.516. The zero-order valence-corrected chi connectivity index (χ0v) is 8.15. The number of hydrogen-bond donors (Lipinski definition) is 0. The van der Waals surface area contributed by atoms with Crippen molar-refractivity contribution in [3.8, 4) is 0 Å². The molecule has 1 aromatic heterocycles. The van der Waals surface area contributed by atoms with E-state index >= 15 is 0 Å². The summed E-state index contributed by atoms with van der Waals surface area (Å²) in [5.74, 6) is -0.444. The van der Waals surface area contributed by atoms with Crippen molar-refractivity contribution in [2.45, 2.75) is 20.0 Å². The molecule has 0 radical (unpaired) electrons. The van der Waals surface area contributed by atoms with Gasteiger partial charge in [0.05, 0.1) is 7.11 Å². The Kier molecular flexibility index (Phi) is 4.06. The summed E-state index contributed by atoms with van der Waals surface area (Å²) in [4.78, 5) is 14.7. The maximum atomic E-state index is 10.9. The first-order valence-corrected chi connectivity index (χ1v) is 4.26. The van der Waals surface area contributed by atoms with E-state index in [1.165, 1.54) is 7.11 Å². The average Bonchev–Trinajstić information content (AvgIpc) is 2.66. The van der Waals surface area contributed by atoms with Crippen LogP contribution in [0, 0.1) is 0 Å². The molecule has 1 aromatic rings. The first kappa shape index (κ1) is 10.6. The number of carbonyl (C=O) groups is 1. The van der Waals surface area contributed by atoms with E-state index in [-0.39, 0.29) is 12.5 Å². The molecular weight excluding hydrogens is 188 g/mol. The summed E-state index contributed by atoms with van der Waals surface area (Å²) in [5.41, 5.74) is 0. The van der Waals surface area contributed by atoms with Crippen LogP contribution >= 0.6 is 0 Å². The van der Waals surface area contributed by atoms with E-state index in [0.29, 0.717) is 12.4 Å². The second kappa shape index (κ2) is 5.33. The van der Waals surface area contributed by atoms with E-state index in [1.54, 1.807) is 0 Å². The number of methoxy groups -OCH3 is 1. The van der Waals surface area contributed by atoms with Gasteiger partial charge in [-0.1, -0.05) is 12.1 Å². The average molecular weight is 200 g/mol. The molecule has 0 fully saturated rings. The molecule has 0 N–H and O–H groups in total. The summed E-state index contributed by atoms with van der Waals surface area (Å²) in [6, 6.07) is 0. The maximum absolute atomic E-state index is 10.9. The minimum atomic E-state index is -0.640. The van der Waals surface area contributed by atoms with Crippen molar-refractivity contribution in [2.24, 2.45) is 0 Å². The SMILES string of the molecule is CCCOCc1noc(C(=O)OC)n1. The number of esters is 1. The van der Waals surface area contributed by atoms with Crippen molar-refractivity contribution in [3.63, 3.8) is 0 Å². The van der Waals surface area contributed by atoms with Crippen LogP contribution in [-0.2, 0) is 16.1 Å². The predicted molar refractivity (Wildman–Crippen MR) is 45.6 cm³/mol. The van der Waals surface area contributed by atoms with Crippen molar-refractivity contribution >= 4 is 5.97 Å². The summed E-state index contributed by atoms with van der Waals surface area (Å²) in [6.07, 6.45) is 0.918. The van der Waals surface area contributed by atoms with Crippen LogP contribution in [0.5, 0.6) is 0 Å². The van der Waals surface area contributed by atoms with Crippen LogP contribution in [0.2, 0.25) is 0 Å². The molecule has 0 amide bonds. The third-order valence-electron chi connectivity index (χ3n) is 1.41. The summed E-state index contributed by atoms with van der Waals surface area (Å²) in [6.45, 7) is 2.87. The Bertz CT molecular complexity index is 297. The minimum Gasteiger partial charge on any atom is -0.462 e. The monoisotopic (exact) mass is 200 g/mol. The van der Waals surface area contributed by atoms with Crippen molar-refractivity contribution in [1.82, 2.24) is 10.1 Å². The van der Waals surface area contributed by atoms with E-state index in [9.17, 15) is 4.79 Å². The molecular formula is C8H12N2O4. The first-order chi connectivity index (χ1) is 6.77. The van der Waals surface area contributed by atoms with Gasteiger partial charge in [0, 0.05) is 6.61 Å². The number of hydrogen-bond acceptors (Lipinski definition) is 6. The predicted octanol–water partition coefficient (Wildman–Crippen LogP) is 0.783. The molecule has 6 heteroatoms. The molecule has 78 valence electrons. The van der Waals surface area contributed by atoms with Crippen LogP contribution in [0.4, 0.5) is 0 Å². The van der Waals surface area contributed by atoms with Crippen LogP contribution in [0.15, 0.2) is 4.52 Å². The molecule has 6 nitrogen and oxygen atoms in total. The summed E-state index contributed by atoms with van der Waals surface area (Å²) < 4.78 is 14.2. The second-order valence-electron chi connectivity index (χ2n) is 2.56. The third kappa shape index (κ3) is 2.81. The highest BCUT2D eigenvalue weighted by molar-refractivity contribution is 5.83. The van der Waals surface area contributed by atoms with Crippen LogP contribution in [0.3, 0.4) is 0 Å². The largest absolute Gasteiger partial charge is 0.462 e. The van der Waals surface area contributed by atoms with Gasteiger partial charge in [-0.3, -0.25) is 0 Å². The van der Waals surface area contributed by atoms with E-state index < -0.39 is 5.97 Å². The Hall–Kier alpha value is -1.43. The van der Waals surface area contributed by atoms with Gasteiger partial charge in [-0.2, -0.15) is 4.98 Å². The van der Waals surface area contributed by atoms with Gasteiger partial charge < -0.3 is 14.0 Å². The minimum absolute atomic E-state index is 0.150. The van der Waals surface area contributed by atoms with Crippen LogP contribution in [0.1, 0.15) is 29.9 Å². The summed E-state index contributed by atoms with van der Waals surface area (Å²) >= 11 is 0. The van der Waals surface area contributed by atoms with E-state index in [2.05, 4.69) is 19.4 Å². The van der Waals surface area contributed by atoms with Crippen LogP contribution in [-0.4, -0.2) is 29.8 Å². The smallest absolute Gasteiger partial charge is 0.397 e. The molecule has 1 rings (SSSR count). The fraction of sp³-hybridized carbons (Fsp3) is 0.625. The Morgan fingerprint density at radius 3 is 3.00 bits per heavy atom. The number of rotatable bonds is 5. The normalized spacial score (nSPS) is 10.1. The van der Waals surface area contributed by atoms with Gasteiger partial charge in [0.1, 0.15) is 6.61 Å². The Morgan fingerprint density at radius 1 is 1.57 bits per heavy atom. The zero-order valence-electron chi connectivity index (χ0n) is 8.15. The fourth-order valence-corrected chi connectivity index (χ4v) is 0.791. The van der Waals surface area contributed by atoms with Crippen LogP contribution < -0.4 is 0 Å². The third-order valence-corrected chi connectivity index (χ3v) is 1.41. The lowest BCUT2D eigenvalue weighted by molar-refractivity contribution is 0.0545. The Balaban J connectivity index is 2.46.